The fraction of sp³-hybridized carbons (Fsp3) is 0.200. The number of nitrogens with zero attached hydrogens (tertiary/aromatic N) is 1. The largest absolute Gasteiger partial charge is 0.487 e. The number of thioether (sulfide) groups is 1. The highest BCUT2D eigenvalue weighted by Crippen LogP contribution is 2.33. The van der Waals surface area contributed by atoms with Gasteiger partial charge < -0.3 is 14.6 Å². The van der Waals surface area contributed by atoms with E-state index in [0.717, 1.165) is 4.90 Å². The van der Waals surface area contributed by atoms with Gasteiger partial charge in [0.05, 0.1) is 22.5 Å². The minimum atomic E-state index is -0.454. The predicted molar refractivity (Wildman–Crippen MR) is 109 cm³/mol. The van der Waals surface area contributed by atoms with Crippen molar-refractivity contribution in [2.45, 2.75) is 24.5 Å². The number of halogens is 1. The molecule has 0 spiro atoms. The van der Waals surface area contributed by atoms with E-state index in [-0.39, 0.29) is 11.7 Å². The summed E-state index contributed by atoms with van der Waals surface area (Å²) >= 11 is 7.88. The van der Waals surface area contributed by atoms with Crippen molar-refractivity contribution < 1.29 is 9.53 Å². The van der Waals surface area contributed by atoms with Gasteiger partial charge in [-0.1, -0.05) is 17.7 Å². The fourth-order valence-electron chi connectivity index (χ4n) is 3.29. The summed E-state index contributed by atoms with van der Waals surface area (Å²) in [6, 6.07) is 10.9. The third-order valence-corrected chi connectivity index (χ3v) is 5.53. The summed E-state index contributed by atoms with van der Waals surface area (Å²) in [5.41, 5.74) is 0.933. The second-order valence-corrected chi connectivity index (χ2v) is 7.69. The standard InChI is InChI=1S/C20H17ClN2O3S/c1-11-9-23-10-14(20(25)22-12-4-3-5-13(8-12)27-2)19(24)17-15(21)6-7-16(26-11)18(17)23/h3-8,10-11H,9H2,1-2H3,(H,22,25). The number of hydrogen-bond donors (Lipinski definition) is 1. The maximum absolute atomic E-state index is 13.0. The molecule has 7 heteroatoms. The molecule has 0 bridgehead atoms. The first-order valence-corrected chi connectivity index (χ1v) is 10.1. The molecular weight excluding hydrogens is 384 g/mol. The van der Waals surface area contributed by atoms with Gasteiger partial charge >= 0.3 is 0 Å². The van der Waals surface area contributed by atoms with Crippen LogP contribution in [0.25, 0.3) is 10.9 Å². The zero-order valence-electron chi connectivity index (χ0n) is 14.8. The van der Waals surface area contributed by atoms with Gasteiger partial charge in [0.25, 0.3) is 5.91 Å². The van der Waals surface area contributed by atoms with Gasteiger partial charge in [-0.05, 0) is 43.5 Å². The normalized spacial score (nSPS) is 15.4. The summed E-state index contributed by atoms with van der Waals surface area (Å²) < 4.78 is 7.69. The number of benzene rings is 2. The van der Waals surface area contributed by atoms with Crippen LogP contribution in [0.3, 0.4) is 0 Å². The Balaban J connectivity index is 1.83. The Kier molecular flexibility index (Phi) is 4.61. The van der Waals surface area contributed by atoms with Crippen LogP contribution in [0, 0.1) is 0 Å². The Hall–Kier alpha value is -2.44. The third-order valence-electron chi connectivity index (χ3n) is 4.49. The number of hydrogen-bond acceptors (Lipinski definition) is 4. The van der Waals surface area contributed by atoms with Gasteiger partial charge in [-0.2, -0.15) is 0 Å². The van der Waals surface area contributed by atoms with E-state index in [0.29, 0.717) is 33.9 Å². The van der Waals surface area contributed by atoms with Gasteiger partial charge in [0.15, 0.2) is 0 Å². The van der Waals surface area contributed by atoms with Crippen molar-refractivity contribution >= 4 is 45.9 Å². The highest BCUT2D eigenvalue weighted by Gasteiger charge is 2.24. The molecule has 5 nitrogen and oxygen atoms in total. The average molecular weight is 401 g/mol. The Bertz CT molecular complexity index is 1130. The number of aromatic nitrogens is 1. The Labute approximate surface area is 165 Å². The van der Waals surface area contributed by atoms with E-state index in [1.165, 1.54) is 0 Å². The van der Waals surface area contributed by atoms with Gasteiger partial charge in [-0.15, -0.1) is 11.8 Å². The van der Waals surface area contributed by atoms with Crippen molar-refractivity contribution in [1.29, 1.82) is 0 Å². The van der Waals surface area contributed by atoms with E-state index >= 15 is 0 Å². The van der Waals surface area contributed by atoms with Crippen LogP contribution in [0.15, 0.2) is 52.3 Å². The molecule has 1 atom stereocenters. The minimum absolute atomic E-state index is 0.0604. The van der Waals surface area contributed by atoms with E-state index in [2.05, 4.69) is 5.32 Å². The van der Waals surface area contributed by atoms with Crippen molar-refractivity contribution in [1.82, 2.24) is 4.57 Å². The molecule has 3 aromatic rings. The third kappa shape index (κ3) is 3.19. The molecule has 1 amide bonds. The number of amides is 1. The molecule has 0 saturated carbocycles. The van der Waals surface area contributed by atoms with Crippen LogP contribution in [0.1, 0.15) is 17.3 Å². The summed E-state index contributed by atoms with van der Waals surface area (Å²) in [6.45, 7) is 2.47. The zero-order chi connectivity index (χ0) is 19.1. The predicted octanol–water partition coefficient (Wildman–Crippen LogP) is 4.41. The smallest absolute Gasteiger partial charge is 0.261 e. The van der Waals surface area contributed by atoms with Crippen LogP contribution in [0.5, 0.6) is 5.75 Å². The lowest BCUT2D eigenvalue weighted by Gasteiger charge is -2.26. The number of carbonyl (C=O) groups is 1. The SMILES string of the molecule is CSc1cccc(NC(=O)c2cn3c4c(ccc(Cl)c4c2=O)OC(C)C3)c1. The van der Waals surface area contributed by atoms with Gasteiger partial charge in [0, 0.05) is 16.8 Å². The highest BCUT2D eigenvalue weighted by atomic mass is 35.5. The van der Waals surface area contributed by atoms with E-state index in [1.807, 2.05) is 35.9 Å². The molecule has 1 N–H and O–H groups in total. The molecule has 2 heterocycles. The molecule has 0 fully saturated rings. The molecule has 2 aromatic carbocycles. The molecule has 0 radical (unpaired) electrons. The van der Waals surface area contributed by atoms with Crippen LogP contribution in [0.2, 0.25) is 5.02 Å². The van der Waals surface area contributed by atoms with Crippen LogP contribution in [-0.4, -0.2) is 22.8 Å². The van der Waals surface area contributed by atoms with Gasteiger partial charge in [-0.3, -0.25) is 9.59 Å². The van der Waals surface area contributed by atoms with Gasteiger partial charge in [-0.25, -0.2) is 0 Å². The highest BCUT2D eigenvalue weighted by molar-refractivity contribution is 7.98. The average Bonchev–Trinajstić information content (AvgIpc) is 2.65. The molecule has 1 unspecified atom stereocenters. The molecule has 27 heavy (non-hydrogen) atoms. The van der Waals surface area contributed by atoms with Crippen LogP contribution in [0.4, 0.5) is 5.69 Å². The maximum atomic E-state index is 13.0. The molecule has 0 saturated heterocycles. The first-order chi connectivity index (χ1) is 13.0. The molecule has 4 rings (SSSR count). The van der Waals surface area contributed by atoms with Crippen molar-refractivity contribution in [2.24, 2.45) is 0 Å². The second kappa shape index (κ2) is 6.94. The number of rotatable bonds is 3. The molecular formula is C20H17ClN2O3S. The van der Waals surface area contributed by atoms with Crippen molar-refractivity contribution in [3.8, 4) is 5.75 Å². The number of ether oxygens (including phenoxy) is 1. The lowest BCUT2D eigenvalue weighted by molar-refractivity contribution is 0.102. The van der Waals surface area contributed by atoms with Crippen molar-refractivity contribution in [3.05, 3.63) is 63.4 Å². The van der Waals surface area contributed by atoms with E-state index in [4.69, 9.17) is 16.3 Å². The number of nitrogens with one attached hydrogen (secondary N) is 1. The van der Waals surface area contributed by atoms with Crippen LogP contribution < -0.4 is 15.5 Å². The monoisotopic (exact) mass is 400 g/mol. The Morgan fingerprint density at radius 1 is 1.33 bits per heavy atom. The molecule has 0 aliphatic carbocycles. The van der Waals surface area contributed by atoms with E-state index < -0.39 is 11.3 Å². The van der Waals surface area contributed by atoms with E-state index in [9.17, 15) is 9.59 Å². The lowest BCUT2D eigenvalue weighted by Crippen LogP contribution is -2.30. The summed E-state index contributed by atoms with van der Waals surface area (Å²) in [4.78, 5) is 26.9. The van der Waals surface area contributed by atoms with Crippen LogP contribution in [-0.2, 0) is 6.54 Å². The Morgan fingerprint density at radius 3 is 2.93 bits per heavy atom. The zero-order valence-corrected chi connectivity index (χ0v) is 16.4. The van der Waals surface area contributed by atoms with Crippen LogP contribution >= 0.6 is 23.4 Å². The fourth-order valence-corrected chi connectivity index (χ4v) is 3.99. The summed E-state index contributed by atoms with van der Waals surface area (Å²) in [7, 11) is 0. The maximum Gasteiger partial charge on any atom is 0.261 e. The van der Waals surface area contributed by atoms with E-state index in [1.54, 1.807) is 36.2 Å². The molecule has 1 aliphatic rings. The molecule has 138 valence electrons. The minimum Gasteiger partial charge on any atom is -0.487 e. The van der Waals surface area contributed by atoms with Crippen molar-refractivity contribution in [2.75, 3.05) is 11.6 Å². The number of pyridine rings is 1. The van der Waals surface area contributed by atoms with Gasteiger partial charge in [0.1, 0.15) is 17.4 Å². The molecule has 1 aliphatic heterocycles. The lowest BCUT2D eigenvalue weighted by atomic mass is 10.1. The first kappa shape index (κ1) is 17.9. The Morgan fingerprint density at radius 2 is 2.15 bits per heavy atom. The molecule has 1 aromatic heterocycles. The number of carbonyl (C=O) groups excluding carboxylic acids is 1. The number of anilines is 1. The second-order valence-electron chi connectivity index (χ2n) is 6.41. The first-order valence-electron chi connectivity index (χ1n) is 8.45. The topological polar surface area (TPSA) is 60.3 Å². The summed E-state index contributed by atoms with van der Waals surface area (Å²) in [5, 5.41) is 3.43. The van der Waals surface area contributed by atoms with Gasteiger partial charge in [0.2, 0.25) is 5.43 Å². The van der Waals surface area contributed by atoms with Crippen molar-refractivity contribution in [3.63, 3.8) is 0 Å². The quantitative estimate of drug-likeness (QED) is 0.661. The summed E-state index contributed by atoms with van der Waals surface area (Å²) in [6.07, 6.45) is 3.49. The summed E-state index contributed by atoms with van der Waals surface area (Å²) in [5.74, 6) is 0.148.